The van der Waals surface area contributed by atoms with E-state index in [9.17, 15) is 9.59 Å². The molecule has 0 fully saturated rings. The van der Waals surface area contributed by atoms with E-state index >= 15 is 0 Å². The van der Waals surface area contributed by atoms with Crippen molar-refractivity contribution in [3.63, 3.8) is 0 Å². The Bertz CT molecular complexity index is 1280. The molecule has 0 aliphatic heterocycles. The molecule has 2 aromatic carbocycles. The van der Waals surface area contributed by atoms with Crippen molar-refractivity contribution >= 4 is 34.2 Å². The number of carbonyl (C=O) groups excluding carboxylic acids is 2. The highest BCUT2D eigenvalue weighted by Gasteiger charge is 2.16. The van der Waals surface area contributed by atoms with Crippen molar-refractivity contribution in [1.82, 2.24) is 14.8 Å². The van der Waals surface area contributed by atoms with E-state index in [4.69, 9.17) is 4.74 Å². The standard InChI is InChI=1S/C24H23N5O3/c1-15-23-21(17-4-10-20(32-3)11-5-17)12-13-25-24(23)29(28-15)14-22(31)27-19-8-6-18(7-9-19)26-16(2)30/h4-13H,14H2,1-3H3,(H,26,30)(H,27,31). The number of nitrogens with zero attached hydrogens (tertiary/aromatic N) is 3. The Labute approximate surface area is 185 Å². The van der Waals surface area contributed by atoms with E-state index < -0.39 is 0 Å². The minimum atomic E-state index is -0.224. The predicted octanol–water partition coefficient (Wildman–Crippen LogP) is 4.01. The van der Waals surface area contributed by atoms with Gasteiger partial charge in [-0.1, -0.05) is 12.1 Å². The second kappa shape index (κ2) is 8.89. The lowest BCUT2D eigenvalue weighted by Crippen LogP contribution is -2.19. The zero-order chi connectivity index (χ0) is 22.7. The fourth-order valence-electron chi connectivity index (χ4n) is 3.58. The number of nitrogens with one attached hydrogen (secondary N) is 2. The summed E-state index contributed by atoms with van der Waals surface area (Å²) in [6, 6.07) is 16.7. The van der Waals surface area contributed by atoms with Crippen molar-refractivity contribution in [3.8, 4) is 16.9 Å². The third-order valence-corrected chi connectivity index (χ3v) is 4.99. The van der Waals surface area contributed by atoms with E-state index in [1.807, 2.05) is 37.3 Å². The first-order valence-corrected chi connectivity index (χ1v) is 10.1. The fourth-order valence-corrected chi connectivity index (χ4v) is 3.58. The lowest BCUT2D eigenvalue weighted by Gasteiger charge is -2.08. The molecule has 0 saturated heterocycles. The topological polar surface area (TPSA) is 98.1 Å². The molecule has 32 heavy (non-hydrogen) atoms. The lowest BCUT2D eigenvalue weighted by molar-refractivity contribution is -0.117. The van der Waals surface area contributed by atoms with Gasteiger partial charge in [0.25, 0.3) is 0 Å². The first-order chi connectivity index (χ1) is 15.4. The third-order valence-electron chi connectivity index (χ3n) is 4.99. The molecule has 0 atom stereocenters. The van der Waals surface area contributed by atoms with Gasteiger partial charge in [-0.3, -0.25) is 9.59 Å². The molecular formula is C24H23N5O3. The van der Waals surface area contributed by atoms with Crippen LogP contribution >= 0.6 is 0 Å². The summed E-state index contributed by atoms with van der Waals surface area (Å²) in [5.74, 6) is 0.413. The first kappa shape index (κ1) is 21.0. The number of rotatable bonds is 6. The molecule has 2 aromatic heterocycles. The highest BCUT2D eigenvalue weighted by atomic mass is 16.5. The average molecular weight is 429 g/mol. The van der Waals surface area contributed by atoms with E-state index in [-0.39, 0.29) is 18.4 Å². The quantitative estimate of drug-likeness (QED) is 0.483. The minimum absolute atomic E-state index is 0.0247. The molecule has 0 unspecified atom stereocenters. The van der Waals surface area contributed by atoms with Gasteiger partial charge in [0.1, 0.15) is 12.3 Å². The van der Waals surface area contributed by atoms with E-state index in [0.717, 1.165) is 28.0 Å². The number of aromatic nitrogens is 3. The normalized spacial score (nSPS) is 10.7. The van der Waals surface area contributed by atoms with Gasteiger partial charge in [-0.25, -0.2) is 9.67 Å². The number of ether oxygens (including phenoxy) is 1. The Morgan fingerprint density at radius 1 is 0.969 bits per heavy atom. The summed E-state index contributed by atoms with van der Waals surface area (Å²) >= 11 is 0. The molecule has 0 radical (unpaired) electrons. The summed E-state index contributed by atoms with van der Waals surface area (Å²) in [5.41, 5.74) is 4.75. The van der Waals surface area contributed by atoms with Crippen LogP contribution in [0.15, 0.2) is 60.8 Å². The zero-order valence-electron chi connectivity index (χ0n) is 18.0. The Kier molecular flexibility index (Phi) is 5.85. The monoisotopic (exact) mass is 429 g/mol. The van der Waals surface area contributed by atoms with Crippen LogP contribution in [-0.4, -0.2) is 33.7 Å². The van der Waals surface area contributed by atoms with E-state index in [1.54, 1.807) is 42.3 Å². The number of amides is 2. The van der Waals surface area contributed by atoms with Gasteiger partial charge in [-0.05, 0) is 60.5 Å². The van der Waals surface area contributed by atoms with Crippen LogP contribution in [0.5, 0.6) is 5.75 Å². The number of methoxy groups -OCH3 is 1. The highest BCUT2D eigenvalue weighted by Crippen LogP contribution is 2.30. The van der Waals surface area contributed by atoms with E-state index in [1.165, 1.54) is 6.92 Å². The largest absolute Gasteiger partial charge is 0.497 e. The zero-order valence-corrected chi connectivity index (χ0v) is 18.0. The van der Waals surface area contributed by atoms with E-state index in [2.05, 4.69) is 20.7 Å². The Morgan fingerprint density at radius 3 is 2.25 bits per heavy atom. The molecule has 8 nitrogen and oxygen atoms in total. The number of hydrogen-bond donors (Lipinski definition) is 2. The molecule has 8 heteroatoms. The first-order valence-electron chi connectivity index (χ1n) is 10.1. The lowest BCUT2D eigenvalue weighted by atomic mass is 10.0. The van der Waals surface area contributed by atoms with Crippen molar-refractivity contribution in [2.45, 2.75) is 20.4 Å². The molecule has 0 spiro atoms. The number of benzene rings is 2. The van der Waals surface area contributed by atoms with E-state index in [0.29, 0.717) is 17.0 Å². The second-order valence-corrected chi connectivity index (χ2v) is 7.34. The Morgan fingerprint density at radius 2 is 1.62 bits per heavy atom. The summed E-state index contributed by atoms with van der Waals surface area (Å²) < 4.78 is 6.85. The molecule has 4 aromatic rings. The maximum atomic E-state index is 12.6. The Hall–Kier alpha value is -4.20. The van der Waals surface area contributed by atoms with Gasteiger partial charge in [-0.2, -0.15) is 5.10 Å². The Balaban J connectivity index is 1.56. The van der Waals surface area contributed by atoms with Crippen LogP contribution in [0.2, 0.25) is 0 Å². The van der Waals surface area contributed by atoms with Crippen LogP contribution in [0, 0.1) is 6.92 Å². The molecule has 2 amide bonds. The van der Waals surface area contributed by atoms with Crippen LogP contribution in [0.3, 0.4) is 0 Å². The number of fused-ring (bicyclic) bond motifs is 1. The summed E-state index contributed by atoms with van der Waals surface area (Å²) in [6.45, 7) is 3.38. The van der Waals surface area contributed by atoms with Crippen LogP contribution < -0.4 is 15.4 Å². The molecule has 0 aliphatic carbocycles. The molecular weight excluding hydrogens is 406 g/mol. The second-order valence-electron chi connectivity index (χ2n) is 7.34. The summed E-state index contributed by atoms with van der Waals surface area (Å²) in [7, 11) is 1.64. The van der Waals surface area contributed by atoms with Gasteiger partial charge in [0.2, 0.25) is 11.8 Å². The van der Waals surface area contributed by atoms with Crippen molar-refractivity contribution in [1.29, 1.82) is 0 Å². The van der Waals surface area contributed by atoms with Gasteiger partial charge in [0.05, 0.1) is 12.8 Å². The van der Waals surface area contributed by atoms with Gasteiger partial charge in [0, 0.05) is 29.9 Å². The van der Waals surface area contributed by atoms with Gasteiger partial charge >= 0.3 is 0 Å². The average Bonchev–Trinajstić information content (AvgIpc) is 3.10. The number of carbonyl (C=O) groups is 2. The smallest absolute Gasteiger partial charge is 0.246 e. The van der Waals surface area contributed by atoms with Crippen molar-refractivity contribution in [2.24, 2.45) is 0 Å². The summed E-state index contributed by atoms with van der Waals surface area (Å²) in [4.78, 5) is 28.2. The molecule has 0 saturated carbocycles. The number of pyridine rings is 1. The van der Waals surface area contributed by atoms with Crippen molar-refractivity contribution < 1.29 is 14.3 Å². The number of aryl methyl sites for hydroxylation is 1. The van der Waals surface area contributed by atoms with Crippen LogP contribution in [0.4, 0.5) is 11.4 Å². The maximum Gasteiger partial charge on any atom is 0.246 e. The summed E-state index contributed by atoms with van der Waals surface area (Å²) in [5, 5.41) is 11.0. The van der Waals surface area contributed by atoms with Crippen LogP contribution in [0.25, 0.3) is 22.2 Å². The number of hydrogen-bond acceptors (Lipinski definition) is 5. The minimum Gasteiger partial charge on any atom is -0.497 e. The molecule has 0 bridgehead atoms. The highest BCUT2D eigenvalue weighted by molar-refractivity contribution is 5.96. The van der Waals surface area contributed by atoms with Crippen LogP contribution in [0.1, 0.15) is 12.6 Å². The molecule has 2 N–H and O–H groups in total. The maximum absolute atomic E-state index is 12.6. The molecule has 4 rings (SSSR count). The molecule has 2 heterocycles. The number of anilines is 2. The van der Waals surface area contributed by atoms with Gasteiger partial charge < -0.3 is 15.4 Å². The summed E-state index contributed by atoms with van der Waals surface area (Å²) in [6.07, 6.45) is 1.72. The fraction of sp³-hybridized carbons (Fsp3) is 0.167. The third kappa shape index (κ3) is 4.44. The van der Waals surface area contributed by atoms with Crippen molar-refractivity contribution in [2.75, 3.05) is 17.7 Å². The molecule has 0 aliphatic rings. The predicted molar refractivity (Wildman–Crippen MR) is 124 cm³/mol. The van der Waals surface area contributed by atoms with Gasteiger partial charge in [-0.15, -0.1) is 0 Å². The van der Waals surface area contributed by atoms with Crippen molar-refractivity contribution in [3.05, 3.63) is 66.5 Å². The van der Waals surface area contributed by atoms with Crippen LogP contribution in [-0.2, 0) is 16.1 Å². The van der Waals surface area contributed by atoms with Gasteiger partial charge in [0.15, 0.2) is 5.65 Å². The SMILES string of the molecule is COc1ccc(-c2ccnc3c2c(C)nn3CC(=O)Nc2ccc(NC(C)=O)cc2)cc1. The molecule has 162 valence electrons.